The van der Waals surface area contributed by atoms with Gasteiger partial charge in [-0.2, -0.15) is 26.3 Å². The van der Waals surface area contributed by atoms with Crippen LogP contribution in [0.5, 0.6) is 0 Å². The van der Waals surface area contributed by atoms with Crippen molar-refractivity contribution in [3.05, 3.63) is 45.4 Å². The Balaban J connectivity index is 2.31. The number of halogens is 6. The zero-order valence-corrected chi connectivity index (χ0v) is 18.6. The Morgan fingerprint density at radius 2 is 1.67 bits per heavy atom. The molecule has 2 rings (SSSR count). The SMILES string of the molecule is COC(=O)c1csc(CN(CCC(C)C)C(=O)Nc2cc(C(F)(F)F)cc(C(F)(F)F)c2)n1. The van der Waals surface area contributed by atoms with Crippen LogP contribution in [0.1, 0.15) is 46.9 Å². The number of hydrogen-bond donors (Lipinski definition) is 1. The minimum Gasteiger partial charge on any atom is -0.464 e. The number of nitrogens with one attached hydrogen (secondary N) is 1. The Bertz CT molecular complexity index is 956. The number of methoxy groups -OCH3 is 1. The number of esters is 1. The second kappa shape index (κ2) is 10.4. The topological polar surface area (TPSA) is 71.5 Å². The summed E-state index contributed by atoms with van der Waals surface area (Å²) in [7, 11) is 1.17. The molecule has 0 unspecified atom stereocenters. The molecule has 0 aliphatic rings. The Morgan fingerprint density at radius 1 is 1.09 bits per heavy atom. The van der Waals surface area contributed by atoms with Crippen molar-refractivity contribution < 1.29 is 40.7 Å². The summed E-state index contributed by atoms with van der Waals surface area (Å²) in [5.41, 5.74) is -3.70. The van der Waals surface area contributed by atoms with Crippen molar-refractivity contribution in [3.63, 3.8) is 0 Å². The Labute approximate surface area is 189 Å². The summed E-state index contributed by atoms with van der Waals surface area (Å²) in [6, 6.07) is -0.0484. The van der Waals surface area contributed by atoms with E-state index in [0.717, 1.165) is 11.3 Å². The fourth-order valence-corrected chi connectivity index (χ4v) is 3.42. The Hall–Kier alpha value is -2.83. The number of alkyl halides is 6. The van der Waals surface area contributed by atoms with Gasteiger partial charge in [-0.15, -0.1) is 11.3 Å². The van der Waals surface area contributed by atoms with Crippen LogP contribution >= 0.6 is 11.3 Å². The smallest absolute Gasteiger partial charge is 0.416 e. The minimum atomic E-state index is -5.04. The van der Waals surface area contributed by atoms with Gasteiger partial charge >= 0.3 is 24.4 Å². The Kier molecular flexibility index (Phi) is 8.33. The molecule has 0 bridgehead atoms. The fraction of sp³-hybridized carbons (Fsp3) is 0.450. The molecule has 182 valence electrons. The first-order chi connectivity index (χ1) is 15.2. The van der Waals surface area contributed by atoms with Crippen LogP contribution in [0.2, 0.25) is 0 Å². The number of rotatable bonds is 7. The van der Waals surface area contributed by atoms with Gasteiger partial charge in [0.2, 0.25) is 0 Å². The zero-order chi connectivity index (χ0) is 25.0. The van der Waals surface area contributed by atoms with Gasteiger partial charge in [0.25, 0.3) is 0 Å². The molecule has 0 radical (unpaired) electrons. The first-order valence-electron chi connectivity index (χ1n) is 9.58. The highest BCUT2D eigenvalue weighted by Crippen LogP contribution is 2.37. The number of aromatic nitrogens is 1. The predicted octanol–water partition coefficient (Wildman–Crippen LogP) is 6.05. The van der Waals surface area contributed by atoms with Crippen molar-refractivity contribution in [2.24, 2.45) is 5.92 Å². The Morgan fingerprint density at radius 3 is 2.15 bits per heavy atom. The van der Waals surface area contributed by atoms with E-state index in [0.29, 0.717) is 23.6 Å². The van der Waals surface area contributed by atoms with Gasteiger partial charge in [0.05, 0.1) is 24.8 Å². The normalized spacial score (nSPS) is 12.1. The molecule has 0 spiro atoms. The third-order valence-corrected chi connectivity index (χ3v) is 5.21. The van der Waals surface area contributed by atoms with Crippen LogP contribution < -0.4 is 5.32 Å². The number of anilines is 1. The van der Waals surface area contributed by atoms with E-state index >= 15 is 0 Å². The largest absolute Gasteiger partial charge is 0.464 e. The average molecular weight is 497 g/mol. The molecule has 0 atom stereocenters. The summed E-state index contributed by atoms with van der Waals surface area (Å²) in [5, 5.41) is 3.88. The van der Waals surface area contributed by atoms with Crippen molar-refractivity contribution in [2.75, 3.05) is 19.0 Å². The first kappa shape index (κ1) is 26.4. The monoisotopic (exact) mass is 497 g/mol. The van der Waals surface area contributed by atoms with Gasteiger partial charge < -0.3 is 15.0 Å². The fourth-order valence-electron chi connectivity index (χ4n) is 2.64. The summed E-state index contributed by atoms with van der Waals surface area (Å²) in [6.45, 7) is 3.82. The van der Waals surface area contributed by atoms with Crippen molar-refractivity contribution in [1.82, 2.24) is 9.88 Å². The number of carbonyl (C=O) groups is 2. The lowest BCUT2D eigenvalue weighted by Crippen LogP contribution is -2.36. The van der Waals surface area contributed by atoms with Crippen LogP contribution in [0, 0.1) is 5.92 Å². The number of ether oxygens (including phenoxy) is 1. The summed E-state index contributed by atoms with van der Waals surface area (Å²) in [4.78, 5) is 29.6. The van der Waals surface area contributed by atoms with Gasteiger partial charge in [0, 0.05) is 17.6 Å². The number of hydrogen-bond acceptors (Lipinski definition) is 5. The zero-order valence-electron chi connectivity index (χ0n) is 17.8. The van der Waals surface area contributed by atoms with Gasteiger partial charge in [0.15, 0.2) is 5.69 Å². The van der Waals surface area contributed by atoms with E-state index in [-0.39, 0.29) is 30.8 Å². The number of thiazole rings is 1. The molecular formula is C20H21F6N3O3S. The van der Waals surface area contributed by atoms with Gasteiger partial charge in [-0.05, 0) is 30.5 Å². The molecular weight excluding hydrogens is 476 g/mol. The predicted molar refractivity (Wildman–Crippen MR) is 109 cm³/mol. The molecule has 1 aromatic carbocycles. The quantitative estimate of drug-likeness (QED) is 0.374. The second-order valence-corrected chi connectivity index (χ2v) is 8.39. The van der Waals surface area contributed by atoms with E-state index in [1.54, 1.807) is 0 Å². The molecule has 0 saturated heterocycles. The molecule has 0 aliphatic carbocycles. The van der Waals surface area contributed by atoms with E-state index in [9.17, 15) is 35.9 Å². The lowest BCUT2D eigenvalue weighted by Gasteiger charge is -2.23. The van der Waals surface area contributed by atoms with E-state index in [4.69, 9.17) is 0 Å². The number of nitrogens with zero attached hydrogens (tertiary/aromatic N) is 2. The number of carbonyl (C=O) groups excluding carboxylic acids is 2. The van der Waals surface area contributed by atoms with E-state index in [1.165, 1.54) is 17.4 Å². The van der Waals surface area contributed by atoms with Crippen molar-refractivity contribution in [2.45, 2.75) is 39.2 Å². The number of urea groups is 1. The molecule has 0 aliphatic heterocycles. The van der Waals surface area contributed by atoms with Crippen molar-refractivity contribution >= 4 is 29.0 Å². The molecule has 33 heavy (non-hydrogen) atoms. The van der Waals surface area contributed by atoms with Gasteiger partial charge in [0.1, 0.15) is 5.01 Å². The highest BCUT2D eigenvalue weighted by Gasteiger charge is 2.37. The molecule has 6 nitrogen and oxygen atoms in total. The third-order valence-electron chi connectivity index (χ3n) is 4.37. The van der Waals surface area contributed by atoms with Crippen LogP contribution in [0.15, 0.2) is 23.6 Å². The molecule has 0 fully saturated rings. The van der Waals surface area contributed by atoms with Crippen LogP contribution in [-0.4, -0.2) is 35.5 Å². The summed E-state index contributed by atoms with van der Waals surface area (Å²) in [6.07, 6.45) is -9.56. The molecule has 2 amide bonds. The highest BCUT2D eigenvalue weighted by atomic mass is 32.1. The van der Waals surface area contributed by atoms with Gasteiger partial charge in [-0.25, -0.2) is 14.6 Å². The second-order valence-electron chi connectivity index (χ2n) is 7.45. The number of benzene rings is 1. The number of amides is 2. The molecule has 0 saturated carbocycles. The molecule has 13 heteroatoms. The maximum atomic E-state index is 13.1. The average Bonchev–Trinajstić information content (AvgIpc) is 3.17. The first-order valence-corrected chi connectivity index (χ1v) is 10.5. The van der Waals surface area contributed by atoms with Crippen LogP contribution in [0.25, 0.3) is 0 Å². The van der Waals surface area contributed by atoms with Gasteiger partial charge in [-0.3, -0.25) is 0 Å². The summed E-state index contributed by atoms with van der Waals surface area (Å²) < 4.78 is 83.1. The van der Waals surface area contributed by atoms with Crippen molar-refractivity contribution in [3.8, 4) is 0 Å². The lowest BCUT2D eigenvalue weighted by atomic mass is 10.1. The van der Waals surface area contributed by atoms with E-state index in [1.807, 2.05) is 13.8 Å². The van der Waals surface area contributed by atoms with E-state index < -0.39 is 41.2 Å². The summed E-state index contributed by atoms with van der Waals surface area (Å²) in [5.74, 6) is -0.521. The lowest BCUT2D eigenvalue weighted by molar-refractivity contribution is -0.143. The molecule has 1 aromatic heterocycles. The molecule has 1 N–H and O–H groups in total. The molecule has 1 heterocycles. The van der Waals surface area contributed by atoms with Crippen LogP contribution in [-0.2, 0) is 23.6 Å². The minimum absolute atomic E-state index is 0.0178. The van der Waals surface area contributed by atoms with Crippen molar-refractivity contribution in [1.29, 1.82) is 0 Å². The standard InChI is InChI=1S/C20H21F6N3O3S/c1-11(2)4-5-29(9-16-28-15(10-33-16)17(30)32-3)18(31)27-14-7-12(19(21,22)23)6-13(8-14)20(24,25)26/h6-8,10-11H,4-5,9H2,1-3H3,(H,27,31). The third kappa shape index (κ3) is 7.62. The molecule has 2 aromatic rings. The highest BCUT2D eigenvalue weighted by molar-refractivity contribution is 7.09. The van der Waals surface area contributed by atoms with Crippen LogP contribution in [0.4, 0.5) is 36.8 Å². The van der Waals surface area contributed by atoms with Gasteiger partial charge in [-0.1, -0.05) is 13.8 Å². The van der Waals surface area contributed by atoms with Crippen LogP contribution in [0.3, 0.4) is 0 Å². The maximum Gasteiger partial charge on any atom is 0.416 e. The maximum absolute atomic E-state index is 13.1. The summed E-state index contributed by atoms with van der Waals surface area (Å²) >= 11 is 1.06. The van der Waals surface area contributed by atoms with E-state index in [2.05, 4.69) is 15.0 Å².